The van der Waals surface area contributed by atoms with Crippen LogP contribution in [0.15, 0.2) is 24.5 Å². The Morgan fingerprint density at radius 1 is 1.46 bits per heavy atom. The first-order chi connectivity index (χ1) is 12.6. The fraction of sp³-hybridized carbons (Fsp3) is 0.500. The van der Waals surface area contributed by atoms with Crippen LogP contribution in [-0.2, 0) is 16.1 Å². The first kappa shape index (κ1) is 17.0. The third-order valence-electron chi connectivity index (χ3n) is 5.44. The second-order valence-corrected chi connectivity index (χ2v) is 7.10. The van der Waals surface area contributed by atoms with Crippen LogP contribution in [0, 0.1) is 5.41 Å². The van der Waals surface area contributed by atoms with Gasteiger partial charge in [0.05, 0.1) is 29.2 Å². The number of rotatable bonds is 4. The van der Waals surface area contributed by atoms with E-state index in [1.807, 2.05) is 12.1 Å². The fourth-order valence-corrected chi connectivity index (χ4v) is 3.89. The van der Waals surface area contributed by atoms with Gasteiger partial charge in [-0.15, -0.1) is 0 Å². The maximum Gasteiger partial charge on any atom is 0.312 e. The third kappa shape index (κ3) is 2.95. The van der Waals surface area contributed by atoms with Crippen molar-refractivity contribution in [3.63, 3.8) is 0 Å². The molecule has 2 fully saturated rings. The molecule has 4 heterocycles. The number of nitrogens with one attached hydrogen (secondary N) is 2. The minimum absolute atomic E-state index is 0.123. The molecule has 1 atom stereocenters. The molecular weight excluding hydrogens is 334 g/mol. The third-order valence-corrected chi connectivity index (χ3v) is 5.44. The Balaban J connectivity index is 1.42. The lowest BCUT2D eigenvalue weighted by Crippen LogP contribution is -2.39. The van der Waals surface area contributed by atoms with Gasteiger partial charge in [0, 0.05) is 19.2 Å². The van der Waals surface area contributed by atoms with E-state index in [1.54, 1.807) is 16.9 Å². The van der Waals surface area contributed by atoms with Crippen LogP contribution in [0.5, 0.6) is 0 Å². The van der Waals surface area contributed by atoms with Crippen LogP contribution in [-0.4, -0.2) is 47.2 Å². The molecule has 0 saturated carbocycles. The van der Waals surface area contributed by atoms with Crippen molar-refractivity contribution in [3.05, 3.63) is 35.7 Å². The number of carbonyl (C=O) groups is 2. The number of pyridine rings is 1. The molecule has 138 valence electrons. The molecule has 1 spiro atoms. The Morgan fingerprint density at radius 3 is 3.04 bits per heavy atom. The molecule has 0 aliphatic carbocycles. The molecule has 1 amide bonds. The van der Waals surface area contributed by atoms with E-state index in [-0.39, 0.29) is 23.4 Å². The minimum Gasteiger partial charge on any atom is -0.460 e. The van der Waals surface area contributed by atoms with E-state index in [0.29, 0.717) is 30.6 Å². The van der Waals surface area contributed by atoms with Crippen molar-refractivity contribution in [1.82, 2.24) is 20.2 Å². The van der Waals surface area contributed by atoms with Gasteiger partial charge in [-0.2, -0.15) is 5.10 Å². The van der Waals surface area contributed by atoms with E-state index >= 15 is 0 Å². The van der Waals surface area contributed by atoms with Crippen molar-refractivity contribution >= 4 is 17.4 Å². The lowest BCUT2D eigenvalue weighted by atomic mass is 9.76. The molecule has 26 heavy (non-hydrogen) atoms. The number of aromatic nitrogens is 2. The number of piperidine rings is 1. The summed E-state index contributed by atoms with van der Waals surface area (Å²) in [5.41, 5.74) is 7.43. The predicted molar refractivity (Wildman–Crippen MR) is 94.5 cm³/mol. The summed E-state index contributed by atoms with van der Waals surface area (Å²) in [5.74, 6) is -0.349. The van der Waals surface area contributed by atoms with Crippen LogP contribution in [0.3, 0.4) is 0 Å². The largest absolute Gasteiger partial charge is 0.460 e. The first-order valence-corrected chi connectivity index (χ1v) is 8.98. The van der Waals surface area contributed by atoms with E-state index in [0.717, 1.165) is 31.5 Å². The van der Waals surface area contributed by atoms with Crippen molar-refractivity contribution in [1.29, 1.82) is 0 Å². The topological polar surface area (TPSA) is 111 Å². The van der Waals surface area contributed by atoms with Crippen LogP contribution < -0.4 is 16.4 Å². The Hall–Kier alpha value is -2.45. The van der Waals surface area contributed by atoms with Gasteiger partial charge in [0.15, 0.2) is 0 Å². The van der Waals surface area contributed by atoms with Crippen molar-refractivity contribution in [2.45, 2.75) is 31.9 Å². The van der Waals surface area contributed by atoms with Gasteiger partial charge in [-0.05, 0) is 43.6 Å². The smallest absolute Gasteiger partial charge is 0.312 e. The second-order valence-electron chi connectivity index (χ2n) is 7.10. The number of ether oxygens (including phenoxy) is 1. The Bertz CT molecular complexity index is 840. The molecular formula is C18H23N5O3. The number of hydrogen-bond acceptors (Lipinski definition) is 6. The molecule has 0 radical (unpaired) electrons. The Labute approximate surface area is 151 Å². The molecule has 1 unspecified atom stereocenters. The van der Waals surface area contributed by atoms with Crippen molar-refractivity contribution in [3.8, 4) is 0 Å². The molecule has 8 heteroatoms. The second kappa shape index (κ2) is 6.69. The quantitative estimate of drug-likeness (QED) is 0.675. The van der Waals surface area contributed by atoms with E-state index < -0.39 is 0 Å². The van der Waals surface area contributed by atoms with Crippen molar-refractivity contribution < 1.29 is 14.3 Å². The molecule has 0 aromatic carbocycles. The molecule has 4 N–H and O–H groups in total. The van der Waals surface area contributed by atoms with Crippen molar-refractivity contribution in [2.75, 3.05) is 19.6 Å². The highest BCUT2D eigenvalue weighted by molar-refractivity contribution is 6.00. The van der Waals surface area contributed by atoms with Gasteiger partial charge in [-0.3, -0.25) is 9.59 Å². The summed E-state index contributed by atoms with van der Waals surface area (Å²) in [6.07, 6.45) is 5.32. The summed E-state index contributed by atoms with van der Waals surface area (Å²) in [5, 5.41) is 10.4. The lowest BCUT2D eigenvalue weighted by molar-refractivity contribution is -0.149. The van der Waals surface area contributed by atoms with Gasteiger partial charge in [-0.1, -0.05) is 0 Å². The zero-order valence-electron chi connectivity index (χ0n) is 14.5. The van der Waals surface area contributed by atoms with Gasteiger partial charge in [0.2, 0.25) is 0 Å². The number of carbonyl (C=O) groups excluding carboxylic acids is 2. The summed E-state index contributed by atoms with van der Waals surface area (Å²) in [7, 11) is 0. The van der Waals surface area contributed by atoms with Crippen LogP contribution in [0.2, 0.25) is 0 Å². The van der Waals surface area contributed by atoms with Crippen LogP contribution in [0.4, 0.5) is 0 Å². The molecule has 2 saturated heterocycles. The summed E-state index contributed by atoms with van der Waals surface area (Å²) in [4.78, 5) is 24.9. The predicted octanol–water partition coefficient (Wildman–Crippen LogP) is 0.208. The maximum absolute atomic E-state index is 12.6. The summed E-state index contributed by atoms with van der Waals surface area (Å²) >= 11 is 0. The SMILES string of the molecule is NCc1ccn2ncc(C(=O)NCC3CC4(CCNCC4)C(=O)O3)c2c1. The summed E-state index contributed by atoms with van der Waals surface area (Å²) in [6, 6.07) is 3.74. The number of amides is 1. The summed E-state index contributed by atoms with van der Waals surface area (Å²) in [6.45, 7) is 2.38. The monoisotopic (exact) mass is 357 g/mol. The summed E-state index contributed by atoms with van der Waals surface area (Å²) < 4.78 is 7.17. The van der Waals surface area contributed by atoms with E-state index in [9.17, 15) is 9.59 Å². The van der Waals surface area contributed by atoms with Crippen LogP contribution in [0.25, 0.3) is 5.52 Å². The van der Waals surface area contributed by atoms with Gasteiger partial charge in [0.25, 0.3) is 5.91 Å². The van der Waals surface area contributed by atoms with E-state index in [1.165, 1.54) is 0 Å². The number of fused-ring (bicyclic) bond motifs is 1. The highest BCUT2D eigenvalue weighted by Crippen LogP contribution is 2.41. The molecule has 8 nitrogen and oxygen atoms in total. The molecule has 2 aliphatic heterocycles. The average Bonchev–Trinajstić information content (AvgIpc) is 3.21. The number of nitrogens with two attached hydrogens (primary N) is 1. The molecule has 0 bridgehead atoms. The molecule has 2 aromatic heterocycles. The van der Waals surface area contributed by atoms with Gasteiger partial charge in [0.1, 0.15) is 6.10 Å². The average molecular weight is 357 g/mol. The molecule has 2 aromatic rings. The lowest BCUT2D eigenvalue weighted by Gasteiger charge is -2.29. The van der Waals surface area contributed by atoms with Gasteiger partial charge >= 0.3 is 5.97 Å². The number of esters is 1. The van der Waals surface area contributed by atoms with Gasteiger partial charge in [-0.25, -0.2) is 4.52 Å². The fourth-order valence-electron chi connectivity index (χ4n) is 3.89. The number of cyclic esters (lactones) is 1. The Kier molecular flexibility index (Phi) is 4.37. The molecule has 2 aliphatic rings. The minimum atomic E-state index is -0.374. The zero-order valence-corrected chi connectivity index (χ0v) is 14.5. The number of hydrogen-bond donors (Lipinski definition) is 3. The Morgan fingerprint density at radius 2 is 2.27 bits per heavy atom. The highest BCUT2D eigenvalue weighted by Gasteiger charge is 2.49. The van der Waals surface area contributed by atoms with Crippen LogP contribution >= 0.6 is 0 Å². The van der Waals surface area contributed by atoms with E-state index in [2.05, 4.69) is 15.7 Å². The standard InChI is InChI=1S/C18H23N5O3/c19-9-12-1-6-23-15(7-12)14(11-22-23)16(24)21-10-13-8-18(17(25)26-13)2-4-20-5-3-18/h1,6-7,11,13,20H,2-5,8-10,19H2,(H,21,24). The molecule has 4 rings (SSSR count). The number of nitrogens with zero attached hydrogens (tertiary/aromatic N) is 2. The van der Waals surface area contributed by atoms with E-state index in [4.69, 9.17) is 10.5 Å². The van der Waals surface area contributed by atoms with Gasteiger partial charge < -0.3 is 21.1 Å². The van der Waals surface area contributed by atoms with Crippen molar-refractivity contribution in [2.24, 2.45) is 11.1 Å². The highest BCUT2D eigenvalue weighted by atomic mass is 16.6. The zero-order chi connectivity index (χ0) is 18.1. The first-order valence-electron chi connectivity index (χ1n) is 8.98. The normalized spacial score (nSPS) is 21.9. The maximum atomic E-state index is 12.6. The van der Waals surface area contributed by atoms with Crippen LogP contribution in [0.1, 0.15) is 35.2 Å².